The van der Waals surface area contributed by atoms with Crippen LogP contribution in [-0.4, -0.2) is 37.6 Å². The fourth-order valence-electron chi connectivity index (χ4n) is 2.42. The van der Waals surface area contributed by atoms with Gasteiger partial charge in [-0.3, -0.25) is 0 Å². The van der Waals surface area contributed by atoms with Crippen LogP contribution in [0.1, 0.15) is 31.9 Å². The maximum Gasteiger partial charge on any atom is 0.214 e. The number of hydrogen-bond acceptors (Lipinski definition) is 4. The van der Waals surface area contributed by atoms with Gasteiger partial charge < -0.3 is 9.73 Å². The van der Waals surface area contributed by atoms with Crippen molar-refractivity contribution < 1.29 is 12.8 Å². The van der Waals surface area contributed by atoms with Crippen molar-refractivity contribution in [2.24, 2.45) is 0 Å². The summed E-state index contributed by atoms with van der Waals surface area (Å²) < 4.78 is 30.8. The Kier molecular flexibility index (Phi) is 5.49. The standard InChI is InChI=1S/C13H21ClN2O3S/c1-2-9-20(17,18)16-7-5-11(6-8-16)15-10-12-3-4-13(14)19-12/h3-4,11,15H,2,5-10H2,1H3. The first-order chi connectivity index (χ1) is 9.51. The van der Waals surface area contributed by atoms with E-state index in [4.69, 9.17) is 16.0 Å². The minimum absolute atomic E-state index is 0.246. The summed E-state index contributed by atoms with van der Waals surface area (Å²) in [6.07, 6.45) is 2.33. The Morgan fingerprint density at radius 2 is 2.10 bits per heavy atom. The molecule has 2 heterocycles. The van der Waals surface area contributed by atoms with Crippen LogP contribution in [0, 0.1) is 0 Å². The van der Waals surface area contributed by atoms with Crippen molar-refractivity contribution in [3.05, 3.63) is 23.1 Å². The van der Waals surface area contributed by atoms with E-state index < -0.39 is 10.0 Å². The van der Waals surface area contributed by atoms with Gasteiger partial charge in [-0.1, -0.05) is 6.92 Å². The Bertz CT molecular complexity index is 521. The number of hydrogen-bond donors (Lipinski definition) is 1. The van der Waals surface area contributed by atoms with Crippen LogP contribution in [-0.2, 0) is 16.6 Å². The van der Waals surface area contributed by atoms with Crippen LogP contribution in [0.15, 0.2) is 16.5 Å². The van der Waals surface area contributed by atoms with Crippen molar-refractivity contribution in [1.82, 2.24) is 9.62 Å². The summed E-state index contributed by atoms with van der Waals surface area (Å²) in [4.78, 5) is 0. The van der Waals surface area contributed by atoms with Gasteiger partial charge in [0, 0.05) is 19.1 Å². The highest BCUT2D eigenvalue weighted by Gasteiger charge is 2.27. The summed E-state index contributed by atoms with van der Waals surface area (Å²) in [7, 11) is -3.05. The average molecular weight is 321 g/mol. The minimum atomic E-state index is -3.05. The van der Waals surface area contributed by atoms with E-state index in [-0.39, 0.29) is 5.75 Å². The molecule has 1 saturated heterocycles. The molecule has 1 aliphatic heterocycles. The highest BCUT2D eigenvalue weighted by Crippen LogP contribution is 2.17. The molecule has 1 fully saturated rings. The third-order valence-corrected chi connectivity index (χ3v) is 5.78. The van der Waals surface area contributed by atoms with E-state index in [9.17, 15) is 8.42 Å². The molecule has 5 nitrogen and oxygen atoms in total. The topological polar surface area (TPSA) is 62.6 Å². The minimum Gasteiger partial charge on any atom is -0.448 e. The number of nitrogens with one attached hydrogen (secondary N) is 1. The Morgan fingerprint density at radius 3 is 2.65 bits per heavy atom. The molecule has 1 aromatic heterocycles. The van der Waals surface area contributed by atoms with Gasteiger partial charge in [0.25, 0.3) is 0 Å². The predicted octanol–water partition coefficient (Wildman–Crippen LogP) is 2.23. The highest BCUT2D eigenvalue weighted by molar-refractivity contribution is 7.89. The van der Waals surface area contributed by atoms with E-state index in [1.165, 1.54) is 0 Å². The molecule has 0 amide bonds. The smallest absolute Gasteiger partial charge is 0.214 e. The molecular formula is C13H21ClN2O3S. The largest absolute Gasteiger partial charge is 0.448 e. The Hall–Kier alpha value is -0.560. The summed E-state index contributed by atoms with van der Waals surface area (Å²) >= 11 is 5.71. The van der Waals surface area contributed by atoms with Crippen LogP contribution >= 0.6 is 11.6 Å². The molecule has 0 unspecified atom stereocenters. The van der Waals surface area contributed by atoms with Crippen LogP contribution < -0.4 is 5.32 Å². The van der Waals surface area contributed by atoms with E-state index in [1.54, 1.807) is 10.4 Å². The molecule has 0 saturated carbocycles. The highest BCUT2D eigenvalue weighted by atomic mass is 35.5. The van der Waals surface area contributed by atoms with Crippen molar-refractivity contribution >= 4 is 21.6 Å². The maximum absolute atomic E-state index is 12.0. The van der Waals surface area contributed by atoms with Gasteiger partial charge in [-0.2, -0.15) is 0 Å². The first-order valence-corrected chi connectivity index (χ1v) is 8.95. The Labute approximate surface area is 125 Å². The summed E-state index contributed by atoms with van der Waals surface area (Å²) in [5, 5.41) is 3.77. The molecule has 1 aliphatic rings. The van der Waals surface area contributed by atoms with E-state index >= 15 is 0 Å². The molecule has 0 atom stereocenters. The number of rotatable bonds is 6. The molecule has 0 aliphatic carbocycles. The molecule has 0 radical (unpaired) electrons. The lowest BCUT2D eigenvalue weighted by Crippen LogP contribution is -2.45. The first kappa shape index (κ1) is 15.8. The average Bonchev–Trinajstić information content (AvgIpc) is 2.83. The summed E-state index contributed by atoms with van der Waals surface area (Å²) in [6.45, 7) is 3.71. The second-order valence-corrected chi connectivity index (χ2v) is 7.54. The van der Waals surface area contributed by atoms with E-state index in [1.807, 2.05) is 13.0 Å². The molecule has 7 heteroatoms. The van der Waals surface area contributed by atoms with Crippen LogP contribution in [0.3, 0.4) is 0 Å². The van der Waals surface area contributed by atoms with Crippen LogP contribution in [0.2, 0.25) is 5.22 Å². The van der Waals surface area contributed by atoms with Crippen LogP contribution in [0.4, 0.5) is 0 Å². The third kappa shape index (κ3) is 4.22. The van der Waals surface area contributed by atoms with Gasteiger partial charge in [0.05, 0.1) is 12.3 Å². The number of furan rings is 1. The molecule has 20 heavy (non-hydrogen) atoms. The molecule has 2 rings (SSSR count). The zero-order chi connectivity index (χ0) is 14.6. The number of piperidine rings is 1. The lowest BCUT2D eigenvalue weighted by Gasteiger charge is -2.31. The van der Waals surface area contributed by atoms with Crippen molar-refractivity contribution in [1.29, 1.82) is 0 Å². The third-order valence-electron chi connectivity index (χ3n) is 3.50. The van der Waals surface area contributed by atoms with Gasteiger partial charge in [-0.25, -0.2) is 12.7 Å². The van der Waals surface area contributed by atoms with Crippen molar-refractivity contribution in [2.75, 3.05) is 18.8 Å². The van der Waals surface area contributed by atoms with Gasteiger partial charge in [-0.15, -0.1) is 0 Å². The van der Waals surface area contributed by atoms with Gasteiger partial charge in [-0.05, 0) is 43.0 Å². The second kappa shape index (κ2) is 6.93. The van der Waals surface area contributed by atoms with Gasteiger partial charge in [0.2, 0.25) is 10.0 Å². The SMILES string of the molecule is CCCS(=O)(=O)N1CCC(NCc2ccc(Cl)o2)CC1. The monoisotopic (exact) mass is 320 g/mol. The summed E-state index contributed by atoms with van der Waals surface area (Å²) in [6, 6.07) is 3.89. The molecule has 0 aromatic carbocycles. The Morgan fingerprint density at radius 1 is 1.40 bits per heavy atom. The van der Waals surface area contributed by atoms with Gasteiger partial charge >= 0.3 is 0 Å². The zero-order valence-electron chi connectivity index (χ0n) is 11.6. The van der Waals surface area contributed by atoms with Crippen LogP contribution in [0.5, 0.6) is 0 Å². The molecule has 1 N–H and O–H groups in total. The summed E-state index contributed by atoms with van der Waals surface area (Å²) in [5.41, 5.74) is 0. The number of halogens is 1. The number of sulfonamides is 1. The molecular weight excluding hydrogens is 300 g/mol. The van der Waals surface area contributed by atoms with E-state index in [0.29, 0.717) is 37.3 Å². The molecule has 0 spiro atoms. The number of nitrogens with zero attached hydrogens (tertiary/aromatic N) is 1. The van der Waals surface area contributed by atoms with Crippen LogP contribution in [0.25, 0.3) is 0 Å². The fourth-order valence-corrected chi connectivity index (χ4v) is 4.12. The zero-order valence-corrected chi connectivity index (χ0v) is 13.2. The van der Waals surface area contributed by atoms with Crippen molar-refractivity contribution in [2.45, 2.75) is 38.8 Å². The lowest BCUT2D eigenvalue weighted by atomic mass is 10.1. The lowest BCUT2D eigenvalue weighted by molar-refractivity contribution is 0.284. The molecule has 114 valence electrons. The molecule has 0 bridgehead atoms. The van der Waals surface area contributed by atoms with E-state index in [0.717, 1.165) is 18.6 Å². The molecule has 1 aromatic rings. The Balaban J connectivity index is 1.77. The van der Waals surface area contributed by atoms with E-state index in [2.05, 4.69) is 5.32 Å². The van der Waals surface area contributed by atoms with Crippen molar-refractivity contribution in [3.8, 4) is 0 Å². The fraction of sp³-hybridized carbons (Fsp3) is 0.692. The van der Waals surface area contributed by atoms with Gasteiger partial charge in [0.15, 0.2) is 5.22 Å². The maximum atomic E-state index is 12.0. The van der Waals surface area contributed by atoms with Crippen molar-refractivity contribution in [3.63, 3.8) is 0 Å². The quantitative estimate of drug-likeness (QED) is 0.873. The first-order valence-electron chi connectivity index (χ1n) is 6.96. The predicted molar refractivity (Wildman–Crippen MR) is 79.2 cm³/mol. The second-order valence-electron chi connectivity index (χ2n) is 5.08. The van der Waals surface area contributed by atoms with Gasteiger partial charge in [0.1, 0.15) is 5.76 Å². The normalized spacial score (nSPS) is 18.5. The summed E-state index contributed by atoms with van der Waals surface area (Å²) in [5.74, 6) is 1.05.